The molecule has 2 aliphatic rings. The highest BCUT2D eigenvalue weighted by Crippen LogP contribution is 2.36. The maximum absolute atomic E-state index is 12.4. The molecule has 28 heavy (non-hydrogen) atoms. The number of thiazole rings is 1. The summed E-state index contributed by atoms with van der Waals surface area (Å²) in [6.45, 7) is 1.79. The van der Waals surface area contributed by atoms with Gasteiger partial charge in [0.1, 0.15) is 0 Å². The molecule has 0 spiro atoms. The molecule has 2 aliphatic heterocycles. The quantitative estimate of drug-likeness (QED) is 0.699. The molecule has 2 N–H and O–H groups in total. The zero-order chi connectivity index (χ0) is 20.7. The van der Waals surface area contributed by atoms with Crippen molar-refractivity contribution < 1.29 is 40.8 Å². The van der Waals surface area contributed by atoms with Crippen molar-refractivity contribution in [1.82, 2.24) is 20.4 Å². The number of anilines is 1. The molecule has 15 heteroatoms. The van der Waals surface area contributed by atoms with E-state index in [0.29, 0.717) is 17.0 Å². The highest BCUT2D eigenvalue weighted by molar-refractivity contribution is 7.18. The molecule has 2 bridgehead atoms. The number of hydrogen-bond acceptors (Lipinski definition) is 8. The molecule has 8 nitrogen and oxygen atoms in total. The van der Waals surface area contributed by atoms with Crippen LogP contribution in [0.1, 0.15) is 12.3 Å². The van der Waals surface area contributed by atoms with E-state index >= 15 is 0 Å². The van der Waals surface area contributed by atoms with E-state index < -0.39 is 24.2 Å². The number of fused-ring (bicyclic) bond motifs is 2. The third-order valence-corrected chi connectivity index (χ3v) is 4.96. The fourth-order valence-electron chi connectivity index (χ4n) is 2.73. The van der Waals surface area contributed by atoms with Crippen LogP contribution in [0, 0.1) is 0 Å². The van der Waals surface area contributed by atoms with E-state index in [0.717, 1.165) is 24.6 Å². The number of carboxylic acid groups (broad SMARTS) is 1. The lowest BCUT2D eigenvalue weighted by atomic mass is 10.2. The van der Waals surface area contributed by atoms with Crippen molar-refractivity contribution >= 4 is 22.4 Å². The highest BCUT2D eigenvalue weighted by Gasteiger charge is 2.40. The maximum atomic E-state index is 12.4. The monoisotopic (exact) mass is 431 g/mol. The Hall–Kier alpha value is -2.42. The fraction of sp³-hybridized carbons (Fsp3) is 0.538. The summed E-state index contributed by atoms with van der Waals surface area (Å²) in [6.07, 6.45) is -7.14. The Kier molecular flexibility index (Phi) is 5.22. The number of piperazine rings is 1. The van der Waals surface area contributed by atoms with E-state index in [2.05, 4.69) is 29.9 Å². The summed E-state index contributed by atoms with van der Waals surface area (Å²) in [6, 6.07) is 0.884. The normalized spacial score (nSPS) is 21.6. The van der Waals surface area contributed by atoms with Crippen molar-refractivity contribution in [3.05, 3.63) is 12.1 Å². The number of carbonyl (C=O) groups is 1. The van der Waals surface area contributed by atoms with Crippen LogP contribution in [0.3, 0.4) is 0 Å². The Morgan fingerprint density at radius 1 is 1.32 bits per heavy atom. The molecule has 2 saturated heterocycles. The molecule has 2 unspecified atom stereocenters. The largest absolute Gasteiger partial charge is 0.490 e. The molecule has 0 radical (unpaired) electrons. The van der Waals surface area contributed by atoms with Gasteiger partial charge in [-0.1, -0.05) is 16.5 Å². The van der Waals surface area contributed by atoms with Gasteiger partial charge in [0.05, 0.1) is 11.1 Å². The molecule has 4 rings (SSSR count). The first-order valence-corrected chi connectivity index (χ1v) is 8.44. The van der Waals surface area contributed by atoms with Gasteiger partial charge in [0.2, 0.25) is 5.82 Å². The average Bonchev–Trinajstić information content (AvgIpc) is 3.35. The number of rotatable bonds is 2. The first kappa shape index (κ1) is 20.3. The van der Waals surface area contributed by atoms with Crippen LogP contribution < -0.4 is 10.2 Å². The smallest absolute Gasteiger partial charge is 0.475 e. The minimum atomic E-state index is -5.08. The second-order valence-electron chi connectivity index (χ2n) is 5.88. The van der Waals surface area contributed by atoms with E-state index in [1.807, 2.05) is 0 Å². The number of nitrogens with one attached hydrogen (secondary N) is 1. The molecule has 0 amide bonds. The Morgan fingerprint density at radius 3 is 2.46 bits per heavy atom. The summed E-state index contributed by atoms with van der Waals surface area (Å²) in [5.41, 5.74) is 0. The lowest BCUT2D eigenvalue weighted by molar-refractivity contribution is -0.192. The van der Waals surface area contributed by atoms with Crippen LogP contribution in [0.25, 0.3) is 10.7 Å². The predicted octanol–water partition coefficient (Wildman–Crippen LogP) is 2.40. The Bertz CT molecular complexity index is 850. The van der Waals surface area contributed by atoms with E-state index in [9.17, 15) is 26.3 Å². The molecule has 0 saturated carbocycles. The SMILES string of the molecule is FC(F)(F)c1nc(-c2cnc(N3CC4CC3CN4)s2)no1.O=C(O)C(F)(F)F. The summed E-state index contributed by atoms with van der Waals surface area (Å²) in [4.78, 5) is 19.2. The van der Waals surface area contributed by atoms with Crippen LogP contribution >= 0.6 is 11.3 Å². The third-order valence-electron chi connectivity index (χ3n) is 3.93. The maximum Gasteiger partial charge on any atom is 0.490 e. The molecule has 0 aromatic carbocycles. The van der Waals surface area contributed by atoms with E-state index in [-0.39, 0.29) is 5.82 Å². The van der Waals surface area contributed by atoms with Gasteiger partial charge in [-0.15, -0.1) is 0 Å². The van der Waals surface area contributed by atoms with Crippen molar-refractivity contribution in [1.29, 1.82) is 0 Å². The number of carboxylic acids is 1. The van der Waals surface area contributed by atoms with E-state index in [1.165, 1.54) is 17.5 Å². The number of aromatic nitrogens is 3. The van der Waals surface area contributed by atoms with Gasteiger partial charge in [0.15, 0.2) is 5.13 Å². The van der Waals surface area contributed by atoms with E-state index in [1.54, 1.807) is 0 Å². The van der Waals surface area contributed by atoms with Crippen molar-refractivity contribution in [3.8, 4) is 10.7 Å². The predicted molar refractivity (Wildman–Crippen MR) is 81.6 cm³/mol. The third kappa shape index (κ3) is 4.35. The van der Waals surface area contributed by atoms with Gasteiger partial charge in [-0.25, -0.2) is 9.78 Å². The number of halogens is 6. The van der Waals surface area contributed by atoms with Crippen molar-refractivity contribution in [2.75, 3.05) is 18.0 Å². The summed E-state index contributed by atoms with van der Waals surface area (Å²) in [5.74, 6) is -4.17. The van der Waals surface area contributed by atoms with Gasteiger partial charge >= 0.3 is 24.2 Å². The lowest BCUT2D eigenvalue weighted by Crippen LogP contribution is -2.43. The number of hydrogen-bond donors (Lipinski definition) is 2. The van der Waals surface area contributed by atoms with Crippen molar-refractivity contribution in [3.63, 3.8) is 0 Å². The van der Waals surface area contributed by atoms with Gasteiger partial charge in [-0.2, -0.15) is 31.3 Å². The average molecular weight is 431 g/mol. The molecule has 2 atom stereocenters. The second-order valence-corrected chi connectivity index (χ2v) is 6.89. The summed E-state index contributed by atoms with van der Waals surface area (Å²) in [7, 11) is 0. The van der Waals surface area contributed by atoms with E-state index in [4.69, 9.17) is 9.90 Å². The Morgan fingerprint density at radius 2 is 2.00 bits per heavy atom. The highest BCUT2D eigenvalue weighted by atomic mass is 32.1. The Balaban J connectivity index is 0.000000279. The molecule has 2 aromatic heterocycles. The van der Waals surface area contributed by atoms with Gasteiger partial charge in [-0.05, 0) is 6.42 Å². The van der Waals surface area contributed by atoms with Crippen molar-refractivity contribution in [2.45, 2.75) is 30.9 Å². The summed E-state index contributed by atoms with van der Waals surface area (Å²) in [5, 5.41) is 14.7. The van der Waals surface area contributed by atoms with Crippen LogP contribution in [-0.2, 0) is 11.0 Å². The van der Waals surface area contributed by atoms with Crippen LogP contribution in [0.2, 0.25) is 0 Å². The number of nitrogens with zero attached hydrogens (tertiary/aromatic N) is 4. The second kappa shape index (κ2) is 7.20. The molecule has 154 valence electrons. The van der Waals surface area contributed by atoms with Gasteiger partial charge in [0.25, 0.3) is 0 Å². The summed E-state index contributed by atoms with van der Waals surface area (Å²) < 4.78 is 73.3. The van der Waals surface area contributed by atoms with Crippen LogP contribution in [0.4, 0.5) is 31.5 Å². The lowest BCUT2D eigenvalue weighted by Gasteiger charge is -2.26. The molecule has 0 aliphatic carbocycles. The standard InChI is InChI=1S/C11H10F3N5OS.C2HF3O2/c12-11(13,14)9-17-8(18-20-9)7-3-16-10(21-7)19-4-5-1-6(19)2-15-5;3-2(4,5)1(6)7/h3,5-6,15H,1-2,4H2;(H,6,7). The molecule has 2 aromatic rings. The van der Waals surface area contributed by atoms with Crippen LogP contribution in [0.15, 0.2) is 10.7 Å². The topological polar surface area (TPSA) is 104 Å². The number of aliphatic carboxylic acids is 1. The molecule has 4 heterocycles. The first-order chi connectivity index (χ1) is 12.9. The molecule has 2 fully saturated rings. The first-order valence-electron chi connectivity index (χ1n) is 7.62. The zero-order valence-corrected chi connectivity index (χ0v) is 14.4. The Labute approximate surface area is 156 Å². The molecular weight excluding hydrogens is 420 g/mol. The van der Waals surface area contributed by atoms with Gasteiger partial charge < -0.3 is 19.8 Å². The fourth-order valence-corrected chi connectivity index (χ4v) is 3.66. The number of alkyl halides is 6. The van der Waals surface area contributed by atoms with Crippen molar-refractivity contribution in [2.24, 2.45) is 0 Å². The van der Waals surface area contributed by atoms with Crippen LogP contribution in [-0.4, -0.2) is 57.5 Å². The van der Waals surface area contributed by atoms with Crippen LogP contribution in [0.5, 0.6) is 0 Å². The minimum Gasteiger partial charge on any atom is -0.475 e. The zero-order valence-electron chi connectivity index (χ0n) is 13.6. The summed E-state index contributed by atoms with van der Waals surface area (Å²) >= 11 is 1.28. The van der Waals surface area contributed by atoms with Gasteiger partial charge in [-0.3, -0.25) is 0 Å². The molecular formula is C13H11F6N5O3S. The minimum absolute atomic E-state index is 0.0754. The van der Waals surface area contributed by atoms with Gasteiger partial charge in [0, 0.05) is 25.2 Å².